The van der Waals surface area contributed by atoms with Crippen molar-refractivity contribution >= 4 is 5.82 Å². The van der Waals surface area contributed by atoms with Crippen LogP contribution in [0.25, 0.3) is 0 Å². The van der Waals surface area contributed by atoms with Crippen molar-refractivity contribution in [3.05, 3.63) is 11.8 Å². The first-order chi connectivity index (χ1) is 5.75. The molecule has 0 atom stereocenters. The van der Waals surface area contributed by atoms with Crippen LogP contribution in [0.15, 0.2) is 6.07 Å². The number of aryl methyl sites for hydroxylation is 1. The molecule has 0 fully saturated rings. The molecule has 0 bridgehead atoms. The molecular weight excluding hydrogens is 152 g/mol. The van der Waals surface area contributed by atoms with Crippen molar-refractivity contribution in [1.29, 1.82) is 0 Å². The molecule has 0 saturated carbocycles. The van der Waals surface area contributed by atoms with Crippen molar-refractivity contribution in [1.82, 2.24) is 14.7 Å². The second-order valence-corrected chi connectivity index (χ2v) is 3.38. The van der Waals surface area contributed by atoms with E-state index in [1.807, 2.05) is 10.7 Å². The number of anilines is 1. The van der Waals surface area contributed by atoms with E-state index in [0.717, 1.165) is 26.1 Å². The highest BCUT2D eigenvalue weighted by molar-refractivity contribution is 5.29. The van der Waals surface area contributed by atoms with E-state index in [0.29, 0.717) is 5.82 Å². The quantitative estimate of drug-likeness (QED) is 0.603. The van der Waals surface area contributed by atoms with E-state index in [-0.39, 0.29) is 0 Å². The van der Waals surface area contributed by atoms with Gasteiger partial charge < -0.3 is 10.6 Å². The van der Waals surface area contributed by atoms with Crippen LogP contribution in [-0.4, -0.2) is 28.3 Å². The van der Waals surface area contributed by atoms with Gasteiger partial charge in [-0.2, -0.15) is 5.10 Å². The number of nitrogen functional groups attached to an aromatic ring is 1. The van der Waals surface area contributed by atoms with Gasteiger partial charge in [-0.15, -0.1) is 0 Å². The Labute approximate surface area is 72.0 Å². The first-order valence-corrected chi connectivity index (χ1v) is 4.26. The molecule has 66 valence electrons. The van der Waals surface area contributed by atoms with Crippen LogP contribution < -0.4 is 5.73 Å². The first kappa shape index (κ1) is 7.61. The van der Waals surface area contributed by atoms with Gasteiger partial charge in [0, 0.05) is 25.7 Å². The summed E-state index contributed by atoms with van der Waals surface area (Å²) in [6.07, 6.45) is 1.16. The lowest BCUT2D eigenvalue weighted by Crippen LogP contribution is -2.16. The fourth-order valence-corrected chi connectivity index (χ4v) is 1.64. The molecule has 0 unspecified atom stereocenters. The highest BCUT2D eigenvalue weighted by Crippen LogP contribution is 2.12. The highest BCUT2D eigenvalue weighted by Gasteiger charge is 2.12. The lowest BCUT2D eigenvalue weighted by Gasteiger charge is -2.10. The van der Waals surface area contributed by atoms with Crippen LogP contribution in [0.1, 0.15) is 12.1 Å². The van der Waals surface area contributed by atoms with Crippen LogP contribution in [-0.2, 0) is 13.1 Å². The Hall–Kier alpha value is -1.03. The van der Waals surface area contributed by atoms with Gasteiger partial charge in [0.2, 0.25) is 0 Å². The van der Waals surface area contributed by atoms with Gasteiger partial charge in [-0.3, -0.25) is 4.68 Å². The predicted molar refractivity (Wildman–Crippen MR) is 47.6 cm³/mol. The molecule has 0 radical (unpaired) electrons. The summed E-state index contributed by atoms with van der Waals surface area (Å²) in [7, 11) is 2.12. The van der Waals surface area contributed by atoms with Gasteiger partial charge in [0.25, 0.3) is 0 Å². The Kier molecular flexibility index (Phi) is 1.77. The average molecular weight is 166 g/mol. The van der Waals surface area contributed by atoms with Crippen molar-refractivity contribution in [3.63, 3.8) is 0 Å². The third-order valence-corrected chi connectivity index (χ3v) is 2.22. The molecule has 4 heteroatoms. The zero-order valence-electron chi connectivity index (χ0n) is 7.32. The number of rotatable bonds is 0. The minimum Gasteiger partial charge on any atom is -0.382 e. The van der Waals surface area contributed by atoms with Crippen LogP contribution in [0.3, 0.4) is 0 Å². The van der Waals surface area contributed by atoms with Crippen molar-refractivity contribution in [3.8, 4) is 0 Å². The van der Waals surface area contributed by atoms with Crippen molar-refractivity contribution in [2.24, 2.45) is 0 Å². The molecule has 1 aliphatic heterocycles. The maximum atomic E-state index is 5.60. The summed E-state index contributed by atoms with van der Waals surface area (Å²) < 4.78 is 2.01. The molecule has 2 N–H and O–H groups in total. The van der Waals surface area contributed by atoms with Crippen LogP contribution in [0.5, 0.6) is 0 Å². The average Bonchev–Trinajstić information content (AvgIpc) is 2.23. The van der Waals surface area contributed by atoms with E-state index >= 15 is 0 Å². The van der Waals surface area contributed by atoms with Gasteiger partial charge in [-0.1, -0.05) is 0 Å². The molecule has 0 aliphatic carbocycles. The number of aromatic nitrogens is 2. The van der Waals surface area contributed by atoms with Gasteiger partial charge in [0.15, 0.2) is 0 Å². The SMILES string of the molecule is CN1CCCn2nc(N)cc2C1. The Balaban J connectivity index is 2.30. The fraction of sp³-hybridized carbons (Fsp3) is 0.625. The first-order valence-electron chi connectivity index (χ1n) is 4.26. The fourth-order valence-electron chi connectivity index (χ4n) is 1.64. The summed E-state index contributed by atoms with van der Waals surface area (Å²) in [5.74, 6) is 0.639. The van der Waals surface area contributed by atoms with Crippen molar-refractivity contribution < 1.29 is 0 Å². The summed E-state index contributed by atoms with van der Waals surface area (Å²) in [4.78, 5) is 2.29. The van der Waals surface area contributed by atoms with E-state index in [9.17, 15) is 0 Å². The normalized spacial score (nSPS) is 18.8. The predicted octanol–water partition coefficient (Wildman–Crippen LogP) is 0.301. The van der Waals surface area contributed by atoms with Crippen LogP contribution in [0, 0.1) is 0 Å². The summed E-state index contributed by atoms with van der Waals surface area (Å²) in [5, 5.41) is 4.21. The molecule has 2 heterocycles. The molecule has 0 aromatic carbocycles. The Morgan fingerprint density at radius 1 is 1.50 bits per heavy atom. The van der Waals surface area contributed by atoms with E-state index in [1.165, 1.54) is 5.69 Å². The van der Waals surface area contributed by atoms with Crippen LogP contribution in [0.4, 0.5) is 5.82 Å². The van der Waals surface area contributed by atoms with Crippen LogP contribution in [0.2, 0.25) is 0 Å². The summed E-state index contributed by atoms with van der Waals surface area (Å²) in [6.45, 7) is 3.10. The Morgan fingerprint density at radius 3 is 3.17 bits per heavy atom. The molecule has 1 aliphatic rings. The second kappa shape index (κ2) is 2.79. The highest BCUT2D eigenvalue weighted by atomic mass is 15.3. The van der Waals surface area contributed by atoms with Crippen LogP contribution >= 0.6 is 0 Å². The topological polar surface area (TPSA) is 47.1 Å². The Bertz CT molecular complexity index is 279. The molecule has 4 nitrogen and oxygen atoms in total. The second-order valence-electron chi connectivity index (χ2n) is 3.38. The zero-order valence-corrected chi connectivity index (χ0v) is 7.32. The van der Waals surface area contributed by atoms with E-state index in [4.69, 9.17) is 5.73 Å². The lowest BCUT2D eigenvalue weighted by molar-refractivity contribution is 0.332. The van der Waals surface area contributed by atoms with Crippen molar-refractivity contribution in [2.75, 3.05) is 19.3 Å². The van der Waals surface area contributed by atoms with Gasteiger partial charge in [0.1, 0.15) is 5.82 Å². The van der Waals surface area contributed by atoms with E-state index in [1.54, 1.807) is 0 Å². The molecule has 1 aromatic heterocycles. The maximum absolute atomic E-state index is 5.60. The maximum Gasteiger partial charge on any atom is 0.145 e. The van der Waals surface area contributed by atoms with Crippen molar-refractivity contribution in [2.45, 2.75) is 19.5 Å². The molecule has 2 rings (SSSR count). The monoisotopic (exact) mass is 166 g/mol. The molecule has 1 aromatic rings. The summed E-state index contributed by atoms with van der Waals surface area (Å²) in [6, 6.07) is 1.96. The number of fused-ring (bicyclic) bond motifs is 1. The molecule has 12 heavy (non-hydrogen) atoms. The standard InChI is InChI=1S/C8H14N4/c1-11-3-2-4-12-7(6-11)5-8(9)10-12/h5H,2-4,6H2,1H3,(H2,9,10). The zero-order chi connectivity index (χ0) is 8.55. The molecule has 0 saturated heterocycles. The summed E-state index contributed by atoms with van der Waals surface area (Å²) >= 11 is 0. The van der Waals surface area contributed by atoms with E-state index < -0.39 is 0 Å². The lowest BCUT2D eigenvalue weighted by atomic mass is 10.4. The van der Waals surface area contributed by atoms with Gasteiger partial charge >= 0.3 is 0 Å². The number of hydrogen-bond acceptors (Lipinski definition) is 3. The van der Waals surface area contributed by atoms with E-state index in [2.05, 4.69) is 17.0 Å². The van der Waals surface area contributed by atoms with Gasteiger partial charge in [0.05, 0.1) is 5.69 Å². The third kappa shape index (κ3) is 1.30. The number of nitrogens with two attached hydrogens (primary N) is 1. The smallest absolute Gasteiger partial charge is 0.145 e. The Morgan fingerprint density at radius 2 is 2.33 bits per heavy atom. The minimum absolute atomic E-state index is 0.639. The molecule has 0 amide bonds. The number of nitrogens with zero attached hydrogens (tertiary/aromatic N) is 3. The van der Waals surface area contributed by atoms with Gasteiger partial charge in [-0.25, -0.2) is 0 Å². The molecule has 0 spiro atoms. The summed E-state index contributed by atoms with van der Waals surface area (Å²) in [5.41, 5.74) is 6.83. The van der Waals surface area contributed by atoms with Gasteiger partial charge in [-0.05, 0) is 13.5 Å². The molecular formula is C8H14N4. The third-order valence-electron chi connectivity index (χ3n) is 2.22. The minimum atomic E-state index is 0.639. The number of hydrogen-bond donors (Lipinski definition) is 1. The largest absolute Gasteiger partial charge is 0.382 e.